The molecule has 0 bridgehead atoms. The second-order valence-corrected chi connectivity index (χ2v) is 8.07. The first-order chi connectivity index (χ1) is 16.8. The van der Waals surface area contributed by atoms with Gasteiger partial charge in [-0.3, -0.25) is 14.4 Å². The number of nitrogens with one attached hydrogen (secondary N) is 2. The zero-order valence-corrected chi connectivity index (χ0v) is 20.0. The molecule has 0 saturated carbocycles. The molecule has 1 aliphatic heterocycles. The molecule has 1 heterocycles. The standard InChI is InChI=1S/C26H22ClN3O5/c1-15-4-10-18(11-5-15)30-25(32)22(27)23(26(30)33)28-17-8-6-16(7-9-17)24(31)29-20-14-19(34-2)12-13-21(20)35-3/h4-14,28H,1-3H3,(H,29,31). The van der Waals surface area contributed by atoms with Crippen molar-refractivity contribution in [1.82, 2.24) is 0 Å². The van der Waals surface area contributed by atoms with E-state index in [1.807, 2.05) is 6.92 Å². The van der Waals surface area contributed by atoms with E-state index in [0.717, 1.165) is 10.5 Å². The molecule has 1 aliphatic rings. The number of nitrogens with zero attached hydrogens (tertiary/aromatic N) is 1. The van der Waals surface area contributed by atoms with Crippen LogP contribution in [0.15, 0.2) is 77.5 Å². The number of halogens is 1. The lowest BCUT2D eigenvalue weighted by Gasteiger charge is -2.15. The number of ether oxygens (including phenoxy) is 2. The quantitative estimate of drug-likeness (QED) is 0.465. The molecule has 2 N–H and O–H groups in total. The summed E-state index contributed by atoms with van der Waals surface area (Å²) in [4.78, 5) is 39.3. The normalized spacial score (nSPS) is 13.2. The highest BCUT2D eigenvalue weighted by Gasteiger charge is 2.38. The van der Waals surface area contributed by atoms with Gasteiger partial charge >= 0.3 is 0 Å². The van der Waals surface area contributed by atoms with Gasteiger partial charge in [0.1, 0.15) is 22.2 Å². The van der Waals surface area contributed by atoms with Crippen molar-refractivity contribution in [2.24, 2.45) is 0 Å². The van der Waals surface area contributed by atoms with Crippen LogP contribution in [0.25, 0.3) is 0 Å². The van der Waals surface area contributed by atoms with Crippen LogP contribution in [0.3, 0.4) is 0 Å². The maximum Gasteiger partial charge on any atom is 0.283 e. The molecule has 0 aliphatic carbocycles. The molecule has 0 atom stereocenters. The molecule has 0 saturated heterocycles. The number of methoxy groups -OCH3 is 2. The second kappa shape index (κ2) is 9.90. The second-order valence-electron chi connectivity index (χ2n) is 7.69. The number of hydrogen-bond acceptors (Lipinski definition) is 6. The number of carbonyl (C=O) groups excluding carboxylic acids is 3. The van der Waals surface area contributed by atoms with Gasteiger partial charge in [-0.2, -0.15) is 0 Å². The van der Waals surface area contributed by atoms with E-state index in [0.29, 0.717) is 34.1 Å². The van der Waals surface area contributed by atoms with Gasteiger partial charge in [0, 0.05) is 17.3 Å². The Labute approximate surface area is 207 Å². The molecule has 4 rings (SSSR count). The van der Waals surface area contributed by atoms with Crippen molar-refractivity contribution >= 4 is 46.4 Å². The van der Waals surface area contributed by atoms with Crippen LogP contribution in [0.4, 0.5) is 17.1 Å². The Morgan fingerprint density at radius 2 is 1.57 bits per heavy atom. The molecule has 3 aromatic rings. The Morgan fingerprint density at radius 3 is 2.20 bits per heavy atom. The van der Waals surface area contributed by atoms with Gasteiger partial charge in [-0.1, -0.05) is 29.3 Å². The number of hydrogen-bond donors (Lipinski definition) is 2. The van der Waals surface area contributed by atoms with Crippen molar-refractivity contribution in [3.05, 3.63) is 88.6 Å². The maximum absolute atomic E-state index is 12.9. The minimum Gasteiger partial charge on any atom is -0.497 e. The van der Waals surface area contributed by atoms with Gasteiger partial charge in [0.05, 0.1) is 25.6 Å². The van der Waals surface area contributed by atoms with E-state index in [1.165, 1.54) is 14.2 Å². The smallest absolute Gasteiger partial charge is 0.283 e. The first kappa shape index (κ1) is 23.8. The minimum atomic E-state index is -0.605. The summed E-state index contributed by atoms with van der Waals surface area (Å²) >= 11 is 6.19. The highest BCUT2D eigenvalue weighted by atomic mass is 35.5. The zero-order chi connectivity index (χ0) is 25.1. The van der Waals surface area contributed by atoms with Crippen molar-refractivity contribution in [2.75, 3.05) is 29.8 Å². The number of imide groups is 1. The maximum atomic E-state index is 12.9. The van der Waals surface area contributed by atoms with E-state index in [4.69, 9.17) is 21.1 Å². The van der Waals surface area contributed by atoms with Gasteiger partial charge in [-0.25, -0.2) is 4.90 Å². The van der Waals surface area contributed by atoms with Crippen molar-refractivity contribution in [3.8, 4) is 11.5 Å². The Balaban J connectivity index is 1.48. The number of rotatable bonds is 7. The van der Waals surface area contributed by atoms with Crippen LogP contribution in [0.1, 0.15) is 15.9 Å². The fourth-order valence-electron chi connectivity index (χ4n) is 3.50. The summed E-state index contributed by atoms with van der Waals surface area (Å²) in [6, 6.07) is 18.4. The Bertz CT molecular complexity index is 1330. The van der Waals surface area contributed by atoms with E-state index < -0.39 is 11.8 Å². The lowest BCUT2D eigenvalue weighted by molar-refractivity contribution is -0.120. The summed E-state index contributed by atoms with van der Waals surface area (Å²) in [6.45, 7) is 1.91. The molecule has 0 spiro atoms. The Morgan fingerprint density at radius 1 is 0.886 bits per heavy atom. The minimum absolute atomic E-state index is 0.0319. The summed E-state index contributed by atoms with van der Waals surface area (Å²) in [6.07, 6.45) is 0. The molecule has 3 amide bonds. The van der Waals surface area contributed by atoms with Crippen molar-refractivity contribution < 1.29 is 23.9 Å². The molecule has 0 unspecified atom stereocenters. The third-order valence-electron chi connectivity index (χ3n) is 5.39. The monoisotopic (exact) mass is 491 g/mol. The number of carbonyl (C=O) groups is 3. The molecule has 9 heteroatoms. The summed E-state index contributed by atoms with van der Waals surface area (Å²) in [5, 5.41) is 5.49. The van der Waals surface area contributed by atoms with Crippen LogP contribution >= 0.6 is 11.6 Å². The topological polar surface area (TPSA) is 97.0 Å². The number of benzene rings is 3. The van der Waals surface area contributed by atoms with Crippen molar-refractivity contribution in [2.45, 2.75) is 6.92 Å². The van der Waals surface area contributed by atoms with Crippen LogP contribution in [0.5, 0.6) is 11.5 Å². The van der Waals surface area contributed by atoms with Gasteiger partial charge in [0.2, 0.25) is 0 Å². The van der Waals surface area contributed by atoms with Crippen LogP contribution in [-0.4, -0.2) is 31.9 Å². The lowest BCUT2D eigenvalue weighted by Crippen LogP contribution is -2.32. The van der Waals surface area contributed by atoms with Crippen LogP contribution in [-0.2, 0) is 9.59 Å². The number of amides is 3. The SMILES string of the molecule is COc1ccc(OC)c(NC(=O)c2ccc(NC3=C(Cl)C(=O)N(c4ccc(C)cc4)C3=O)cc2)c1. The highest BCUT2D eigenvalue weighted by Crippen LogP contribution is 2.31. The predicted octanol–water partition coefficient (Wildman–Crippen LogP) is 4.70. The average molecular weight is 492 g/mol. The fourth-order valence-corrected chi connectivity index (χ4v) is 3.71. The van der Waals surface area contributed by atoms with Gasteiger partial charge in [-0.15, -0.1) is 0 Å². The van der Waals surface area contributed by atoms with E-state index in [2.05, 4.69) is 10.6 Å². The Kier molecular flexibility index (Phi) is 6.75. The summed E-state index contributed by atoms with van der Waals surface area (Å²) in [5.74, 6) is -0.470. The van der Waals surface area contributed by atoms with Crippen LogP contribution < -0.4 is 25.0 Å². The van der Waals surface area contributed by atoms with Crippen LogP contribution in [0, 0.1) is 6.92 Å². The summed E-state index contributed by atoms with van der Waals surface area (Å²) < 4.78 is 10.5. The van der Waals surface area contributed by atoms with Gasteiger partial charge in [0.15, 0.2) is 0 Å². The molecule has 0 fully saturated rings. The number of aryl methyl sites for hydroxylation is 1. The lowest BCUT2D eigenvalue weighted by atomic mass is 10.1. The largest absolute Gasteiger partial charge is 0.497 e. The van der Waals surface area contributed by atoms with Crippen molar-refractivity contribution in [3.63, 3.8) is 0 Å². The first-order valence-corrected chi connectivity index (χ1v) is 11.0. The zero-order valence-electron chi connectivity index (χ0n) is 19.2. The van der Waals surface area contributed by atoms with E-state index in [-0.39, 0.29) is 16.6 Å². The van der Waals surface area contributed by atoms with E-state index >= 15 is 0 Å². The molecular formula is C26H22ClN3O5. The first-order valence-electron chi connectivity index (χ1n) is 10.6. The van der Waals surface area contributed by atoms with E-state index in [1.54, 1.807) is 66.7 Å². The predicted molar refractivity (Wildman–Crippen MR) is 134 cm³/mol. The van der Waals surface area contributed by atoms with Crippen LogP contribution in [0.2, 0.25) is 0 Å². The van der Waals surface area contributed by atoms with E-state index in [9.17, 15) is 14.4 Å². The molecule has 3 aromatic carbocycles. The van der Waals surface area contributed by atoms with Gasteiger partial charge in [0.25, 0.3) is 17.7 Å². The molecule has 0 radical (unpaired) electrons. The third kappa shape index (κ3) is 4.83. The number of anilines is 3. The summed E-state index contributed by atoms with van der Waals surface area (Å²) in [7, 11) is 3.04. The molecular weight excluding hydrogens is 470 g/mol. The highest BCUT2D eigenvalue weighted by molar-refractivity contribution is 6.53. The van der Waals surface area contributed by atoms with Gasteiger partial charge < -0.3 is 20.1 Å². The van der Waals surface area contributed by atoms with Gasteiger partial charge in [-0.05, 0) is 55.5 Å². The molecule has 0 aromatic heterocycles. The summed E-state index contributed by atoms with van der Waals surface area (Å²) in [5.41, 5.74) is 2.72. The average Bonchev–Trinajstić information content (AvgIpc) is 3.08. The molecule has 8 nitrogen and oxygen atoms in total. The fraction of sp³-hybridized carbons (Fsp3) is 0.115. The molecule has 178 valence electrons. The Hall–Kier alpha value is -4.30. The third-order valence-corrected chi connectivity index (χ3v) is 5.74. The molecule has 35 heavy (non-hydrogen) atoms. The van der Waals surface area contributed by atoms with Crippen molar-refractivity contribution in [1.29, 1.82) is 0 Å².